The van der Waals surface area contributed by atoms with Crippen LogP contribution in [0.3, 0.4) is 0 Å². The lowest BCUT2D eigenvalue weighted by Gasteiger charge is -2.21. The van der Waals surface area contributed by atoms with Crippen molar-refractivity contribution in [2.24, 2.45) is 0 Å². The summed E-state index contributed by atoms with van der Waals surface area (Å²) in [7, 11) is 0. The molecule has 2 aromatic heterocycles. The minimum atomic E-state index is -0.957. The van der Waals surface area contributed by atoms with E-state index in [9.17, 15) is 5.11 Å². The van der Waals surface area contributed by atoms with Crippen LogP contribution in [0.15, 0.2) is 22.7 Å². The Kier molecular flexibility index (Phi) is 1.82. The molecule has 0 aromatic carbocycles. The van der Waals surface area contributed by atoms with Gasteiger partial charge in [0.2, 0.25) is 6.29 Å². The second-order valence-electron chi connectivity index (χ2n) is 3.93. The molecule has 1 aliphatic heterocycles. The van der Waals surface area contributed by atoms with Crippen molar-refractivity contribution in [2.75, 3.05) is 0 Å². The summed E-state index contributed by atoms with van der Waals surface area (Å²) in [6.45, 7) is 3.71. The Morgan fingerprint density at radius 2 is 2.12 bits per heavy atom. The van der Waals surface area contributed by atoms with Crippen molar-refractivity contribution in [3.8, 4) is 17.1 Å². The zero-order valence-corrected chi connectivity index (χ0v) is 9.02. The minimum Gasteiger partial charge on any atom is -0.461 e. The van der Waals surface area contributed by atoms with Gasteiger partial charge in [0.15, 0.2) is 0 Å². The summed E-state index contributed by atoms with van der Waals surface area (Å²) in [4.78, 5) is 4.20. The first-order valence-corrected chi connectivity index (χ1v) is 5.07. The molecule has 0 radical (unpaired) electrons. The second-order valence-corrected chi connectivity index (χ2v) is 3.93. The van der Waals surface area contributed by atoms with E-state index in [1.807, 2.05) is 13.8 Å². The number of aliphatic hydroxyl groups excluding tert-OH is 1. The highest BCUT2D eigenvalue weighted by Gasteiger charge is 2.28. The molecule has 3 heterocycles. The standard InChI is InChI=1S/C12H11NO3/c1-6-3-10-9(5-13-6)11-8(12(14)16-10)4-7(2)15-11/h3-5,12,14H,1-2H3. The highest BCUT2D eigenvalue weighted by molar-refractivity contribution is 5.70. The maximum absolute atomic E-state index is 9.81. The normalized spacial score (nSPS) is 17.6. The number of hydrogen-bond acceptors (Lipinski definition) is 4. The molecule has 0 saturated heterocycles. The van der Waals surface area contributed by atoms with Crippen LogP contribution in [-0.4, -0.2) is 10.1 Å². The maximum Gasteiger partial charge on any atom is 0.228 e. The molecule has 0 aliphatic carbocycles. The van der Waals surface area contributed by atoms with Crippen LogP contribution in [-0.2, 0) is 0 Å². The molecule has 0 amide bonds. The molecular formula is C12H11NO3. The van der Waals surface area contributed by atoms with Crippen molar-refractivity contribution in [2.45, 2.75) is 20.1 Å². The van der Waals surface area contributed by atoms with Gasteiger partial charge in [-0.2, -0.15) is 0 Å². The van der Waals surface area contributed by atoms with Crippen LogP contribution in [0.25, 0.3) is 11.3 Å². The molecule has 0 fully saturated rings. The molecule has 2 aromatic rings. The summed E-state index contributed by atoms with van der Waals surface area (Å²) < 4.78 is 11.0. The van der Waals surface area contributed by atoms with Gasteiger partial charge in [-0.25, -0.2) is 0 Å². The Hall–Kier alpha value is -1.81. The molecule has 1 aliphatic rings. The number of fused-ring (bicyclic) bond motifs is 3. The van der Waals surface area contributed by atoms with Crippen molar-refractivity contribution in [3.63, 3.8) is 0 Å². The van der Waals surface area contributed by atoms with Crippen molar-refractivity contribution in [1.82, 2.24) is 4.98 Å². The van der Waals surface area contributed by atoms with Crippen LogP contribution in [0.2, 0.25) is 0 Å². The van der Waals surface area contributed by atoms with Crippen LogP contribution >= 0.6 is 0 Å². The number of furan rings is 1. The van der Waals surface area contributed by atoms with Crippen molar-refractivity contribution in [3.05, 3.63) is 35.3 Å². The minimum absolute atomic E-state index is 0.613. The zero-order chi connectivity index (χ0) is 11.3. The van der Waals surface area contributed by atoms with Gasteiger partial charge in [0.05, 0.1) is 11.1 Å². The monoisotopic (exact) mass is 217 g/mol. The van der Waals surface area contributed by atoms with Gasteiger partial charge in [0.25, 0.3) is 0 Å². The quantitative estimate of drug-likeness (QED) is 0.735. The first kappa shape index (κ1) is 9.42. The summed E-state index contributed by atoms with van der Waals surface area (Å²) >= 11 is 0. The Morgan fingerprint density at radius 1 is 1.31 bits per heavy atom. The van der Waals surface area contributed by atoms with Crippen LogP contribution in [0, 0.1) is 13.8 Å². The van der Waals surface area contributed by atoms with Crippen LogP contribution in [0.1, 0.15) is 23.3 Å². The fraction of sp³-hybridized carbons (Fsp3) is 0.250. The van der Waals surface area contributed by atoms with E-state index in [4.69, 9.17) is 9.15 Å². The first-order valence-electron chi connectivity index (χ1n) is 5.07. The Balaban J connectivity index is 2.27. The lowest BCUT2D eigenvalue weighted by atomic mass is 10.1. The molecule has 0 saturated carbocycles. The third-order valence-electron chi connectivity index (χ3n) is 2.64. The number of rotatable bonds is 0. The van der Waals surface area contributed by atoms with E-state index >= 15 is 0 Å². The van der Waals surface area contributed by atoms with E-state index in [1.54, 1.807) is 18.3 Å². The Bertz CT molecular complexity index is 559. The molecular weight excluding hydrogens is 206 g/mol. The topological polar surface area (TPSA) is 55.5 Å². The van der Waals surface area contributed by atoms with E-state index in [-0.39, 0.29) is 0 Å². The molecule has 1 unspecified atom stereocenters. The van der Waals surface area contributed by atoms with E-state index in [0.29, 0.717) is 17.1 Å². The van der Waals surface area contributed by atoms with Crippen molar-refractivity contribution < 1.29 is 14.3 Å². The van der Waals surface area contributed by atoms with E-state index < -0.39 is 6.29 Å². The van der Waals surface area contributed by atoms with Crippen LogP contribution in [0.4, 0.5) is 0 Å². The lowest BCUT2D eigenvalue weighted by molar-refractivity contribution is -0.0220. The summed E-state index contributed by atoms with van der Waals surface area (Å²) in [6.07, 6.45) is 0.750. The summed E-state index contributed by atoms with van der Waals surface area (Å²) in [6, 6.07) is 3.57. The highest BCUT2D eigenvalue weighted by atomic mass is 16.6. The molecule has 4 nitrogen and oxygen atoms in total. The van der Waals surface area contributed by atoms with Gasteiger partial charge in [0.1, 0.15) is 17.3 Å². The molecule has 4 heteroatoms. The predicted molar refractivity (Wildman–Crippen MR) is 57.0 cm³/mol. The van der Waals surface area contributed by atoms with E-state index in [2.05, 4.69) is 4.98 Å². The number of aliphatic hydroxyl groups is 1. The molecule has 16 heavy (non-hydrogen) atoms. The van der Waals surface area contributed by atoms with Crippen molar-refractivity contribution >= 4 is 0 Å². The average molecular weight is 217 g/mol. The van der Waals surface area contributed by atoms with Gasteiger partial charge >= 0.3 is 0 Å². The number of ether oxygens (including phenoxy) is 1. The van der Waals surface area contributed by atoms with Crippen LogP contribution < -0.4 is 4.74 Å². The number of aromatic nitrogens is 1. The van der Waals surface area contributed by atoms with E-state index in [0.717, 1.165) is 17.0 Å². The number of aryl methyl sites for hydroxylation is 2. The third kappa shape index (κ3) is 1.23. The molecule has 1 N–H and O–H groups in total. The van der Waals surface area contributed by atoms with Gasteiger partial charge < -0.3 is 14.3 Å². The number of nitrogens with zero attached hydrogens (tertiary/aromatic N) is 1. The second kappa shape index (κ2) is 3.09. The first-order chi connectivity index (χ1) is 7.65. The SMILES string of the molecule is Cc1cc2c(cn1)-c1oc(C)cc1C(O)O2. The summed E-state index contributed by atoms with van der Waals surface area (Å²) in [5.41, 5.74) is 2.30. The van der Waals surface area contributed by atoms with Crippen LogP contribution in [0.5, 0.6) is 5.75 Å². The fourth-order valence-corrected chi connectivity index (χ4v) is 1.91. The molecule has 0 spiro atoms. The number of pyridine rings is 1. The highest BCUT2D eigenvalue weighted by Crippen LogP contribution is 2.42. The molecule has 1 atom stereocenters. The van der Waals surface area contributed by atoms with Gasteiger partial charge in [-0.15, -0.1) is 0 Å². The van der Waals surface area contributed by atoms with Crippen molar-refractivity contribution in [1.29, 1.82) is 0 Å². The Labute approximate surface area is 92.5 Å². The predicted octanol–water partition coefficient (Wildman–Crippen LogP) is 2.34. The lowest BCUT2D eigenvalue weighted by Crippen LogP contribution is -2.12. The maximum atomic E-state index is 9.81. The van der Waals surface area contributed by atoms with Gasteiger partial charge in [0, 0.05) is 18.0 Å². The smallest absolute Gasteiger partial charge is 0.228 e. The zero-order valence-electron chi connectivity index (χ0n) is 9.02. The van der Waals surface area contributed by atoms with Gasteiger partial charge in [-0.3, -0.25) is 4.98 Å². The summed E-state index contributed by atoms with van der Waals surface area (Å²) in [5, 5.41) is 9.81. The van der Waals surface area contributed by atoms with E-state index in [1.165, 1.54) is 0 Å². The summed E-state index contributed by atoms with van der Waals surface area (Å²) in [5.74, 6) is 2.02. The average Bonchev–Trinajstić information content (AvgIpc) is 2.60. The third-order valence-corrected chi connectivity index (χ3v) is 2.64. The molecule has 82 valence electrons. The fourth-order valence-electron chi connectivity index (χ4n) is 1.91. The Morgan fingerprint density at radius 3 is 2.94 bits per heavy atom. The molecule has 0 bridgehead atoms. The molecule has 3 rings (SSSR count). The van der Waals surface area contributed by atoms with Gasteiger partial charge in [-0.05, 0) is 19.9 Å². The largest absolute Gasteiger partial charge is 0.461 e. The number of hydrogen-bond donors (Lipinski definition) is 1. The van der Waals surface area contributed by atoms with Gasteiger partial charge in [-0.1, -0.05) is 0 Å².